The van der Waals surface area contributed by atoms with Gasteiger partial charge >= 0.3 is 6.09 Å². The number of fused-ring (bicyclic) bond motifs is 5. The zero-order chi connectivity index (χ0) is 23.6. The Kier molecular flexibility index (Phi) is 5.24. The van der Waals surface area contributed by atoms with Crippen molar-refractivity contribution in [3.8, 4) is 0 Å². The predicted molar refractivity (Wildman–Crippen MR) is 115 cm³/mol. The first-order chi connectivity index (χ1) is 14.8. The van der Waals surface area contributed by atoms with Gasteiger partial charge in [-0.25, -0.2) is 13.2 Å². The van der Waals surface area contributed by atoms with Gasteiger partial charge in [-0.15, -0.1) is 0 Å². The second kappa shape index (κ2) is 7.34. The number of hydrogen-bond acceptors (Lipinski definition) is 7. The van der Waals surface area contributed by atoms with Crippen LogP contribution >= 0.6 is 0 Å². The molecule has 2 bridgehead atoms. The number of benzene rings is 1. The molecular formula is C21H28N4O6S. The molecule has 174 valence electrons. The Labute approximate surface area is 187 Å². The normalized spacial score (nSPS) is 33.0. The average Bonchev–Trinajstić information content (AvgIpc) is 3.24. The number of amides is 1. The van der Waals surface area contributed by atoms with Crippen LogP contribution in [0, 0.1) is 6.92 Å². The van der Waals surface area contributed by atoms with Crippen molar-refractivity contribution < 1.29 is 27.4 Å². The fourth-order valence-corrected chi connectivity index (χ4v) is 7.03. The van der Waals surface area contributed by atoms with Crippen LogP contribution in [0.3, 0.4) is 0 Å². The topological polar surface area (TPSA) is 131 Å². The van der Waals surface area contributed by atoms with Crippen LogP contribution in [0.5, 0.6) is 0 Å². The Hall–Kier alpha value is -2.33. The van der Waals surface area contributed by atoms with E-state index in [2.05, 4.69) is 10.0 Å². The smallest absolute Gasteiger partial charge is 0.411 e. The van der Waals surface area contributed by atoms with E-state index in [4.69, 9.17) is 14.2 Å². The van der Waals surface area contributed by atoms with Crippen LogP contribution in [0.4, 0.5) is 4.79 Å². The number of sulfone groups is 1. The Morgan fingerprint density at radius 1 is 1.16 bits per heavy atom. The second-order valence-corrected chi connectivity index (χ2v) is 12.1. The summed E-state index contributed by atoms with van der Waals surface area (Å²) in [4.78, 5) is 17.5. The third-order valence-electron chi connectivity index (χ3n) is 6.00. The first-order valence-electron chi connectivity index (χ1n) is 10.5. The van der Waals surface area contributed by atoms with Crippen molar-refractivity contribution in [3.05, 3.63) is 40.3 Å². The molecule has 3 fully saturated rings. The van der Waals surface area contributed by atoms with Gasteiger partial charge in [0.25, 0.3) is 0 Å². The van der Waals surface area contributed by atoms with Crippen molar-refractivity contribution in [1.82, 2.24) is 4.90 Å². The SMILES string of the molecule is Cc1ccc(S(=O)(=O)[C@H]2[C@H](N=[N+]=[N-])[C@H]3[C@@H]4OC(C)(C)O[C@@H]4[C@@H]2N3C(=O)OC(C)(C)C)cc1. The van der Waals surface area contributed by atoms with E-state index in [0.29, 0.717) is 0 Å². The molecule has 0 unspecified atom stereocenters. The zero-order valence-corrected chi connectivity index (χ0v) is 19.7. The van der Waals surface area contributed by atoms with Crippen LogP contribution < -0.4 is 0 Å². The Morgan fingerprint density at radius 3 is 2.25 bits per heavy atom. The Balaban J connectivity index is 1.84. The van der Waals surface area contributed by atoms with Crippen LogP contribution in [0.1, 0.15) is 40.2 Å². The molecule has 0 aromatic heterocycles. The van der Waals surface area contributed by atoms with Gasteiger partial charge in [-0.2, -0.15) is 0 Å². The number of azide groups is 1. The molecule has 1 aromatic rings. The number of ether oxygens (including phenoxy) is 3. The van der Waals surface area contributed by atoms with Gasteiger partial charge in [0.15, 0.2) is 15.6 Å². The minimum Gasteiger partial charge on any atom is -0.444 e. The standard InChI is InChI=1S/C21H28N4O6S/c1-11-7-9-12(10-8-11)32(27,28)18-13(23-24-22)14-16-17(30-21(5,6)29-16)15(18)25(14)19(26)31-20(2,3)4/h7-10,13-18H,1-6H3/t13-,14+,15+,16+,17-,18+/m1/s1. The third-order valence-corrected chi connectivity index (χ3v) is 8.20. The van der Waals surface area contributed by atoms with Crippen LogP contribution in [0.2, 0.25) is 0 Å². The van der Waals surface area contributed by atoms with Crippen molar-refractivity contribution in [2.45, 2.75) is 93.4 Å². The molecule has 3 heterocycles. The molecule has 10 nitrogen and oxygen atoms in total. The molecule has 32 heavy (non-hydrogen) atoms. The van der Waals surface area contributed by atoms with E-state index in [1.54, 1.807) is 46.8 Å². The lowest BCUT2D eigenvalue weighted by Crippen LogP contribution is -2.53. The van der Waals surface area contributed by atoms with Crippen molar-refractivity contribution in [2.24, 2.45) is 5.11 Å². The Morgan fingerprint density at radius 2 is 1.72 bits per heavy atom. The van der Waals surface area contributed by atoms with E-state index in [-0.39, 0.29) is 4.90 Å². The van der Waals surface area contributed by atoms with Gasteiger partial charge in [-0.1, -0.05) is 22.8 Å². The van der Waals surface area contributed by atoms with Gasteiger partial charge in [0.05, 0.1) is 28.3 Å². The molecule has 11 heteroatoms. The summed E-state index contributed by atoms with van der Waals surface area (Å²) >= 11 is 0. The molecule has 0 aliphatic carbocycles. The van der Waals surface area contributed by atoms with E-state index in [9.17, 15) is 18.7 Å². The zero-order valence-electron chi connectivity index (χ0n) is 18.9. The highest BCUT2D eigenvalue weighted by atomic mass is 32.2. The summed E-state index contributed by atoms with van der Waals surface area (Å²) in [5.74, 6) is -0.963. The predicted octanol–water partition coefficient (Wildman–Crippen LogP) is 3.34. The molecule has 4 rings (SSSR count). The van der Waals surface area contributed by atoms with Gasteiger partial charge in [0.1, 0.15) is 17.8 Å². The van der Waals surface area contributed by atoms with Crippen molar-refractivity contribution in [2.75, 3.05) is 0 Å². The molecule has 0 radical (unpaired) electrons. The van der Waals surface area contributed by atoms with Crippen LogP contribution in [0.15, 0.2) is 34.3 Å². The highest BCUT2D eigenvalue weighted by Crippen LogP contribution is 2.52. The van der Waals surface area contributed by atoms with E-state index >= 15 is 0 Å². The van der Waals surface area contributed by atoms with E-state index < -0.39 is 62.9 Å². The minimum atomic E-state index is -3.99. The molecular weight excluding hydrogens is 436 g/mol. The van der Waals surface area contributed by atoms with E-state index in [1.807, 2.05) is 6.92 Å². The molecule has 1 aromatic carbocycles. The number of hydrogen-bond donors (Lipinski definition) is 0. The third kappa shape index (κ3) is 3.63. The monoisotopic (exact) mass is 464 g/mol. The largest absolute Gasteiger partial charge is 0.444 e. The molecule has 0 saturated carbocycles. The summed E-state index contributed by atoms with van der Waals surface area (Å²) in [6, 6.07) is 3.64. The number of rotatable bonds is 3. The second-order valence-electron chi connectivity index (χ2n) is 9.95. The van der Waals surface area contributed by atoms with Crippen molar-refractivity contribution >= 4 is 15.9 Å². The summed E-state index contributed by atoms with van der Waals surface area (Å²) in [7, 11) is -3.99. The summed E-state index contributed by atoms with van der Waals surface area (Å²) in [6.07, 6.45) is -2.02. The fraction of sp³-hybridized carbons (Fsp3) is 0.667. The number of aryl methyl sites for hydroxylation is 1. The fourth-order valence-electron chi connectivity index (χ4n) is 4.97. The average molecular weight is 465 g/mol. The van der Waals surface area contributed by atoms with Gasteiger partial charge in [-0.05, 0) is 59.2 Å². The maximum Gasteiger partial charge on any atom is 0.411 e. The molecule has 1 amide bonds. The lowest BCUT2D eigenvalue weighted by atomic mass is 9.90. The maximum atomic E-state index is 13.8. The summed E-state index contributed by atoms with van der Waals surface area (Å²) < 4.78 is 45.2. The summed E-state index contributed by atoms with van der Waals surface area (Å²) in [5.41, 5.74) is 9.37. The molecule has 0 N–H and O–H groups in total. The van der Waals surface area contributed by atoms with E-state index in [0.717, 1.165) is 5.56 Å². The van der Waals surface area contributed by atoms with E-state index in [1.165, 1.54) is 17.0 Å². The van der Waals surface area contributed by atoms with Crippen molar-refractivity contribution in [3.63, 3.8) is 0 Å². The maximum absolute atomic E-state index is 13.8. The molecule has 3 aliphatic heterocycles. The summed E-state index contributed by atoms with van der Waals surface area (Å²) in [5, 5.41) is 2.65. The number of nitrogens with zero attached hydrogens (tertiary/aromatic N) is 4. The number of carbonyl (C=O) groups excluding carboxylic acids is 1. The minimum absolute atomic E-state index is 0.0951. The molecule has 0 spiro atoms. The quantitative estimate of drug-likeness (QED) is 0.383. The van der Waals surface area contributed by atoms with Gasteiger partial charge < -0.3 is 14.2 Å². The van der Waals surface area contributed by atoms with Gasteiger partial charge in [0.2, 0.25) is 0 Å². The van der Waals surface area contributed by atoms with Gasteiger partial charge in [-0.3, -0.25) is 4.90 Å². The summed E-state index contributed by atoms with van der Waals surface area (Å²) in [6.45, 7) is 10.5. The molecule has 3 saturated heterocycles. The van der Waals surface area contributed by atoms with Crippen LogP contribution in [0.25, 0.3) is 10.4 Å². The molecule has 6 atom stereocenters. The highest BCUT2D eigenvalue weighted by Gasteiger charge is 2.72. The molecule has 3 aliphatic rings. The first-order valence-corrected chi connectivity index (χ1v) is 12.0. The number of carbonyl (C=O) groups is 1. The van der Waals surface area contributed by atoms with Crippen LogP contribution in [-0.2, 0) is 24.0 Å². The van der Waals surface area contributed by atoms with Gasteiger partial charge in [0, 0.05) is 4.91 Å². The first kappa shape index (κ1) is 22.8. The van der Waals surface area contributed by atoms with Crippen molar-refractivity contribution in [1.29, 1.82) is 0 Å². The Bertz CT molecular complexity index is 1070. The lowest BCUT2D eigenvalue weighted by molar-refractivity contribution is -0.161. The van der Waals surface area contributed by atoms with Crippen LogP contribution in [-0.4, -0.2) is 66.4 Å². The highest BCUT2D eigenvalue weighted by molar-refractivity contribution is 7.92. The lowest BCUT2D eigenvalue weighted by Gasteiger charge is -2.31.